The molecule has 0 heterocycles. The number of nitriles is 1. The number of benzene rings is 2. The maximum Gasteiger partial charge on any atom is 0.240 e. The summed E-state index contributed by atoms with van der Waals surface area (Å²) in [6.07, 6.45) is 0. The Bertz CT molecular complexity index is 789. The quantitative estimate of drug-likeness (QED) is 0.881. The molecule has 0 saturated carbocycles. The van der Waals surface area contributed by atoms with Crippen LogP contribution in [0.3, 0.4) is 0 Å². The van der Waals surface area contributed by atoms with E-state index in [0.29, 0.717) is 5.56 Å². The number of nitrogens with zero attached hydrogens (tertiary/aromatic N) is 2. The van der Waals surface area contributed by atoms with Crippen LogP contribution >= 0.6 is 0 Å². The van der Waals surface area contributed by atoms with Gasteiger partial charge in [-0.1, -0.05) is 24.3 Å². The van der Waals surface area contributed by atoms with E-state index in [4.69, 9.17) is 5.26 Å². The summed E-state index contributed by atoms with van der Waals surface area (Å²) in [4.78, 5) is 2.23. The zero-order chi connectivity index (χ0) is 16.9. The zero-order valence-electron chi connectivity index (χ0n) is 13.2. The highest BCUT2D eigenvalue weighted by Gasteiger charge is 2.13. The Labute approximate surface area is 137 Å². The summed E-state index contributed by atoms with van der Waals surface area (Å²) < 4.78 is 27.0. The molecule has 6 heteroatoms. The van der Waals surface area contributed by atoms with Gasteiger partial charge < -0.3 is 4.90 Å². The molecule has 0 bridgehead atoms. The van der Waals surface area contributed by atoms with Crippen molar-refractivity contribution in [2.75, 3.05) is 14.1 Å². The van der Waals surface area contributed by atoms with Crippen LogP contribution in [0.5, 0.6) is 0 Å². The summed E-state index contributed by atoms with van der Waals surface area (Å²) in [5.41, 5.74) is 2.50. The van der Waals surface area contributed by atoms with Crippen molar-refractivity contribution in [1.29, 1.82) is 5.26 Å². The van der Waals surface area contributed by atoms with E-state index in [1.54, 1.807) is 0 Å². The first-order valence-electron chi connectivity index (χ1n) is 7.13. The van der Waals surface area contributed by atoms with Crippen LogP contribution in [-0.2, 0) is 23.1 Å². The Balaban J connectivity index is 2.02. The molecule has 2 aromatic carbocycles. The maximum absolute atomic E-state index is 12.2. The van der Waals surface area contributed by atoms with E-state index in [1.807, 2.05) is 44.4 Å². The lowest BCUT2D eigenvalue weighted by Gasteiger charge is -2.11. The average Bonchev–Trinajstić information content (AvgIpc) is 2.54. The van der Waals surface area contributed by atoms with Gasteiger partial charge in [-0.3, -0.25) is 0 Å². The molecule has 0 aliphatic heterocycles. The molecular weight excluding hydrogens is 310 g/mol. The molecule has 0 aromatic heterocycles. The van der Waals surface area contributed by atoms with Crippen LogP contribution in [0.4, 0.5) is 0 Å². The van der Waals surface area contributed by atoms with E-state index in [0.717, 1.165) is 12.1 Å². The van der Waals surface area contributed by atoms with Gasteiger partial charge in [0.1, 0.15) is 0 Å². The average molecular weight is 329 g/mol. The summed E-state index contributed by atoms with van der Waals surface area (Å²) in [7, 11) is 0.419. The number of sulfonamides is 1. The van der Waals surface area contributed by atoms with Gasteiger partial charge >= 0.3 is 0 Å². The van der Waals surface area contributed by atoms with Gasteiger partial charge in [0.15, 0.2) is 0 Å². The predicted molar refractivity (Wildman–Crippen MR) is 89.0 cm³/mol. The topological polar surface area (TPSA) is 73.2 Å². The highest BCUT2D eigenvalue weighted by atomic mass is 32.2. The van der Waals surface area contributed by atoms with Gasteiger partial charge in [-0.2, -0.15) is 5.26 Å². The van der Waals surface area contributed by atoms with Gasteiger partial charge in [0, 0.05) is 13.1 Å². The summed E-state index contributed by atoms with van der Waals surface area (Å²) in [5.74, 6) is 0. The third-order valence-electron chi connectivity index (χ3n) is 3.28. The first-order chi connectivity index (χ1) is 10.9. The van der Waals surface area contributed by atoms with Crippen molar-refractivity contribution in [3.8, 4) is 6.07 Å². The van der Waals surface area contributed by atoms with E-state index >= 15 is 0 Å². The van der Waals surface area contributed by atoms with Gasteiger partial charge in [-0.15, -0.1) is 0 Å². The van der Waals surface area contributed by atoms with Crippen LogP contribution in [0.15, 0.2) is 53.4 Å². The highest BCUT2D eigenvalue weighted by molar-refractivity contribution is 7.89. The smallest absolute Gasteiger partial charge is 0.240 e. The lowest BCUT2D eigenvalue weighted by molar-refractivity contribution is 0.402. The Hall–Kier alpha value is -2.20. The monoisotopic (exact) mass is 329 g/mol. The lowest BCUT2D eigenvalue weighted by Crippen LogP contribution is -2.23. The minimum absolute atomic E-state index is 0.153. The summed E-state index contributed by atoms with van der Waals surface area (Å²) in [6.45, 7) is 1.07. The molecule has 0 aliphatic rings. The third-order valence-corrected chi connectivity index (χ3v) is 4.70. The minimum atomic E-state index is -3.58. The second-order valence-electron chi connectivity index (χ2n) is 5.52. The van der Waals surface area contributed by atoms with Crippen molar-refractivity contribution in [1.82, 2.24) is 9.62 Å². The van der Waals surface area contributed by atoms with Crippen molar-refractivity contribution >= 4 is 10.0 Å². The number of hydrogen-bond donors (Lipinski definition) is 1. The molecule has 0 fully saturated rings. The van der Waals surface area contributed by atoms with E-state index in [-0.39, 0.29) is 11.4 Å². The van der Waals surface area contributed by atoms with Gasteiger partial charge in [0.25, 0.3) is 0 Å². The number of rotatable bonds is 6. The van der Waals surface area contributed by atoms with Crippen molar-refractivity contribution in [2.24, 2.45) is 0 Å². The minimum Gasteiger partial charge on any atom is -0.305 e. The first-order valence-corrected chi connectivity index (χ1v) is 8.61. The van der Waals surface area contributed by atoms with Crippen LogP contribution in [0.2, 0.25) is 0 Å². The zero-order valence-corrected chi connectivity index (χ0v) is 14.0. The Morgan fingerprint density at radius 3 is 2.09 bits per heavy atom. The molecular formula is C17H19N3O2S. The van der Waals surface area contributed by atoms with E-state index in [2.05, 4.69) is 9.62 Å². The Kier molecular flexibility index (Phi) is 5.50. The van der Waals surface area contributed by atoms with Crippen molar-refractivity contribution < 1.29 is 8.42 Å². The summed E-state index contributed by atoms with van der Waals surface area (Å²) in [6, 6.07) is 15.6. The van der Waals surface area contributed by atoms with Gasteiger partial charge in [0.05, 0.1) is 16.5 Å². The van der Waals surface area contributed by atoms with Crippen molar-refractivity contribution in [3.63, 3.8) is 0 Å². The molecule has 1 N–H and O–H groups in total. The maximum atomic E-state index is 12.2. The molecule has 0 aliphatic carbocycles. The van der Waals surface area contributed by atoms with Crippen LogP contribution in [0.1, 0.15) is 16.7 Å². The lowest BCUT2D eigenvalue weighted by atomic mass is 10.1. The van der Waals surface area contributed by atoms with E-state index in [9.17, 15) is 8.42 Å². The predicted octanol–water partition coefficient (Wildman–Crippen LogP) is 2.10. The van der Waals surface area contributed by atoms with Gasteiger partial charge in [-0.05, 0) is 49.5 Å². The van der Waals surface area contributed by atoms with E-state index < -0.39 is 10.0 Å². The largest absolute Gasteiger partial charge is 0.305 e. The molecule has 0 atom stereocenters. The van der Waals surface area contributed by atoms with E-state index in [1.165, 1.54) is 29.8 Å². The van der Waals surface area contributed by atoms with Crippen molar-refractivity contribution in [3.05, 3.63) is 65.2 Å². The highest BCUT2D eigenvalue weighted by Crippen LogP contribution is 2.12. The van der Waals surface area contributed by atoms with Crippen LogP contribution < -0.4 is 4.72 Å². The molecule has 0 saturated heterocycles. The molecule has 120 valence electrons. The van der Waals surface area contributed by atoms with Crippen LogP contribution in [0.25, 0.3) is 0 Å². The Morgan fingerprint density at radius 1 is 1.00 bits per heavy atom. The SMILES string of the molecule is CN(C)Cc1ccc(CNS(=O)(=O)c2ccc(C#N)cc2)cc1. The third kappa shape index (κ3) is 4.89. The van der Waals surface area contributed by atoms with Gasteiger partial charge in [0.2, 0.25) is 10.0 Å². The number of hydrogen-bond acceptors (Lipinski definition) is 4. The molecule has 0 radical (unpaired) electrons. The van der Waals surface area contributed by atoms with Gasteiger partial charge in [-0.25, -0.2) is 13.1 Å². The second-order valence-corrected chi connectivity index (χ2v) is 7.28. The van der Waals surface area contributed by atoms with Crippen LogP contribution in [0, 0.1) is 11.3 Å². The standard InChI is InChI=1S/C17H19N3O2S/c1-20(2)13-16-5-3-15(4-6-16)12-19-23(21,22)17-9-7-14(11-18)8-10-17/h3-10,19H,12-13H2,1-2H3. The molecule has 2 rings (SSSR count). The van der Waals surface area contributed by atoms with Crippen molar-refractivity contribution in [2.45, 2.75) is 18.0 Å². The Morgan fingerprint density at radius 2 is 1.57 bits per heavy atom. The molecule has 0 spiro atoms. The normalized spacial score (nSPS) is 11.4. The molecule has 0 amide bonds. The molecule has 0 unspecified atom stereocenters. The second kappa shape index (κ2) is 7.38. The van der Waals surface area contributed by atoms with Crippen LogP contribution in [-0.4, -0.2) is 27.4 Å². The fourth-order valence-electron chi connectivity index (χ4n) is 2.10. The fraction of sp³-hybridized carbons (Fsp3) is 0.235. The fourth-order valence-corrected chi connectivity index (χ4v) is 3.12. The first kappa shape index (κ1) is 17.2. The molecule has 23 heavy (non-hydrogen) atoms. The summed E-state index contributed by atoms with van der Waals surface area (Å²) >= 11 is 0. The molecule has 5 nitrogen and oxygen atoms in total. The summed E-state index contributed by atoms with van der Waals surface area (Å²) in [5, 5.41) is 8.74. The molecule has 2 aromatic rings. The number of nitrogens with one attached hydrogen (secondary N) is 1.